The summed E-state index contributed by atoms with van der Waals surface area (Å²) in [5, 5.41) is 26.8. The van der Waals surface area contributed by atoms with Crippen LogP contribution in [0.2, 0.25) is 0 Å². The summed E-state index contributed by atoms with van der Waals surface area (Å²) < 4.78 is 17.7. The van der Waals surface area contributed by atoms with Crippen LogP contribution >= 0.6 is 0 Å². The van der Waals surface area contributed by atoms with E-state index >= 15 is 0 Å². The van der Waals surface area contributed by atoms with Crippen LogP contribution in [-0.2, 0) is 7.05 Å². The number of piperazine rings is 1. The molecular weight excluding hydrogens is 459 g/mol. The molecule has 2 aromatic carbocycles. The molecule has 4 aromatic rings. The molecule has 0 radical (unpaired) electrons. The van der Waals surface area contributed by atoms with Gasteiger partial charge in [0.15, 0.2) is 11.6 Å². The Labute approximate surface area is 207 Å². The zero-order chi connectivity index (χ0) is 25.1. The highest BCUT2D eigenvalue weighted by Gasteiger charge is 2.34. The molecule has 6 rings (SSSR count). The number of carbonyl (C=O) groups excluding carboxylic acids is 1. The molecule has 3 heterocycles. The van der Waals surface area contributed by atoms with E-state index in [0.717, 1.165) is 31.6 Å². The minimum atomic E-state index is -0.460. The molecule has 2 aromatic heterocycles. The first kappa shape index (κ1) is 22.5. The largest absolute Gasteiger partial charge is 0.368 e. The molecule has 0 unspecified atom stereocenters. The fourth-order valence-corrected chi connectivity index (χ4v) is 5.22. The third-order valence-electron chi connectivity index (χ3n) is 6.89. The van der Waals surface area contributed by atoms with Crippen LogP contribution < -0.4 is 15.5 Å². The number of aryl methyl sites for hydroxylation is 1. The van der Waals surface area contributed by atoms with Crippen molar-refractivity contribution in [1.29, 1.82) is 5.26 Å². The van der Waals surface area contributed by atoms with Crippen LogP contribution in [-0.4, -0.2) is 50.6 Å². The van der Waals surface area contributed by atoms with Crippen LogP contribution in [0.4, 0.5) is 21.6 Å². The third-order valence-corrected chi connectivity index (χ3v) is 6.89. The maximum absolute atomic E-state index is 14.7. The van der Waals surface area contributed by atoms with E-state index in [4.69, 9.17) is 0 Å². The van der Waals surface area contributed by atoms with Gasteiger partial charge in [0.05, 0.1) is 16.5 Å². The average molecular weight is 487 g/mol. The predicted molar refractivity (Wildman–Crippen MR) is 136 cm³/mol. The SMILES string of the molecule is C[C@H]1CN(c2cc(C#N)c3c(Nc4cc(F)c5nn(C)cc5c4)nn(C(=O)C4CC4)c3c2)C[C@H](C)N1. The van der Waals surface area contributed by atoms with Crippen molar-refractivity contribution in [2.45, 2.75) is 38.8 Å². The van der Waals surface area contributed by atoms with Crippen molar-refractivity contribution < 1.29 is 9.18 Å². The first-order valence-electron chi connectivity index (χ1n) is 12.2. The minimum Gasteiger partial charge on any atom is -0.368 e. The summed E-state index contributed by atoms with van der Waals surface area (Å²) in [5.41, 5.74) is 2.64. The van der Waals surface area contributed by atoms with E-state index in [1.165, 1.54) is 10.7 Å². The number of nitrogens with one attached hydrogen (secondary N) is 2. The number of fused-ring (bicyclic) bond motifs is 2. The van der Waals surface area contributed by atoms with Gasteiger partial charge in [-0.3, -0.25) is 9.48 Å². The quantitative estimate of drug-likeness (QED) is 0.451. The van der Waals surface area contributed by atoms with Gasteiger partial charge in [0.2, 0.25) is 0 Å². The average Bonchev–Trinajstić information content (AvgIpc) is 3.52. The first-order valence-corrected chi connectivity index (χ1v) is 12.2. The lowest BCUT2D eigenvalue weighted by Gasteiger charge is -2.37. The number of hydrogen-bond acceptors (Lipinski definition) is 7. The number of halogens is 1. The van der Waals surface area contributed by atoms with Crippen molar-refractivity contribution >= 4 is 44.9 Å². The fourth-order valence-electron chi connectivity index (χ4n) is 5.22. The number of benzene rings is 2. The summed E-state index contributed by atoms with van der Waals surface area (Å²) in [6.07, 6.45) is 3.41. The van der Waals surface area contributed by atoms with Gasteiger partial charge in [-0.25, -0.2) is 4.39 Å². The van der Waals surface area contributed by atoms with Gasteiger partial charge >= 0.3 is 0 Å². The van der Waals surface area contributed by atoms with E-state index in [1.54, 1.807) is 24.0 Å². The van der Waals surface area contributed by atoms with Crippen molar-refractivity contribution in [1.82, 2.24) is 24.9 Å². The maximum Gasteiger partial charge on any atom is 0.250 e. The zero-order valence-electron chi connectivity index (χ0n) is 20.4. The Balaban J connectivity index is 1.49. The lowest BCUT2D eigenvalue weighted by molar-refractivity contribution is 0.0876. The Kier molecular flexibility index (Phi) is 5.19. The molecule has 0 bridgehead atoms. The minimum absolute atomic E-state index is 0.0569. The number of carbonyl (C=O) groups is 1. The highest BCUT2D eigenvalue weighted by molar-refractivity contribution is 6.04. The summed E-state index contributed by atoms with van der Waals surface area (Å²) in [4.78, 5) is 15.4. The van der Waals surface area contributed by atoms with E-state index in [2.05, 4.69) is 45.6 Å². The predicted octanol–water partition coefficient (Wildman–Crippen LogP) is 3.91. The van der Waals surface area contributed by atoms with Gasteiger partial charge in [-0.1, -0.05) is 0 Å². The second-order valence-corrected chi connectivity index (χ2v) is 10.1. The topological polar surface area (TPSA) is 104 Å². The molecule has 10 heteroatoms. The number of hydrogen-bond donors (Lipinski definition) is 2. The van der Waals surface area contributed by atoms with Gasteiger partial charge in [-0.05, 0) is 51.0 Å². The second kappa shape index (κ2) is 8.31. The van der Waals surface area contributed by atoms with Crippen molar-refractivity contribution in [2.75, 3.05) is 23.3 Å². The van der Waals surface area contributed by atoms with Gasteiger partial charge < -0.3 is 15.5 Å². The molecule has 0 spiro atoms. The molecule has 1 aliphatic carbocycles. The molecule has 36 heavy (non-hydrogen) atoms. The lowest BCUT2D eigenvalue weighted by atomic mass is 10.1. The van der Waals surface area contributed by atoms with E-state index < -0.39 is 5.82 Å². The summed E-state index contributed by atoms with van der Waals surface area (Å²) in [5.74, 6) is -0.242. The molecule has 2 aliphatic rings. The number of nitriles is 1. The van der Waals surface area contributed by atoms with Gasteiger partial charge in [0.1, 0.15) is 11.6 Å². The van der Waals surface area contributed by atoms with E-state index in [9.17, 15) is 14.4 Å². The Morgan fingerprint density at radius 1 is 1.17 bits per heavy atom. The van der Waals surface area contributed by atoms with Crippen LogP contribution in [0.15, 0.2) is 30.5 Å². The smallest absolute Gasteiger partial charge is 0.250 e. The summed E-state index contributed by atoms with van der Waals surface area (Å²) in [7, 11) is 1.74. The van der Waals surface area contributed by atoms with Crippen molar-refractivity contribution in [2.24, 2.45) is 13.0 Å². The molecule has 9 nitrogen and oxygen atoms in total. The monoisotopic (exact) mass is 486 g/mol. The molecule has 184 valence electrons. The maximum atomic E-state index is 14.7. The molecule has 1 saturated carbocycles. The number of aromatic nitrogens is 4. The summed E-state index contributed by atoms with van der Waals surface area (Å²) >= 11 is 0. The van der Waals surface area contributed by atoms with Crippen molar-refractivity contribution in [3.63, 3.8) is 0 Å². The zero-order valence-corrected chi connectivity index (χ0v) is 20.4. The summed E-state index contributed by atoms with van der Waals surface area (Å²) in [6.45, 7) is 5.85. The normalized spacial score (nSPS) is 20.1. The standard InChI is InChI=1S/C26H27FN8O/c1-14-11-34(12-15(2)29-14)20-7-17(10-28)23-22(9-20)35(26(36)16-4-5-16)32-25(23)30-19-6-18-13-33(3)31-24(18)21(27)8-19/h6-9,13-16,29H,4-5,11-12H2,1-3H3,(H,30,32)/t14-,15-/m0/s1. The number of nitrogens with zero attached hydrogens (tertiary/aromatic N) is 6. The molecule has 2 atom stereocenters. The molecule has 0 amide bonds. The third kappa shape index (κ3) is 3.85. The van der Waals surface area contributed by atoms with Crippen LogP contribution in [0.25, 0.3) is 21.8 Å². The van der Waals surface area contributed by atoms with Crippen LogP contribution in [0.5, 0.6) is 0 Å². The van der Waals surface area contributed by atoms with Crippen molar-refractivity contribution in [3.8, 4) is 6.07 Å². The highest BCUT2D eigenvalue weighted by atomic mass is 19.1. The van der Waals surface area contributed by atoms with E-state index in [0.29, 0.717) is 45.4 Å². The Morgan fingerprint density at radius 3 is 2.61 bits per heavy atom. The first-order chi connectivity index (χ1) is 17.3. The second-order valence-electron chi connectivity index (χ2n) is 10.1. The lowest BCUT2D eigenvalue weighted by Crippen LogP contribution is -2.54. The molecule has 2 N–H and O–H groups in total. The van der Waals surface area contributed by atoms with Crippen LogP contribution in [0, 0.1) is 23.1 Å². The fraction of sp³-hybridized carbons (Fsp3) is 0.385. The van der Waals surface area contributed by atoms with Crippen molar-refractivity contribution in [3.05, 3.63) is 41.8 Å². The highest BCUT2D eigenvalue weighted by Crippen LogP contribution is 2.37. The molecule has 2 fully saturated rings. The van der Waals surface area contributed by atoms with E-state index in [-0.39, 0.29) is 17.3 Å². The van der Waals surface area contributed by atoms with Gasteiger partial charge in [0.25, 0.3) is 5.91 Å². The van der Waals surface area contributed by atoms with E-state index in [1.807, 2.05) is 12.1 Å². The summed E-state index contributed by atoms with van der Waals surface area (Å²) in [6, 6.07) is 9.83. The number of rotatable bonds is 4. The Hall–Kier alpha value is -3.97. The van der Waals surface area contributed by atoms with Gasteiger partial charge in [-0.2, -0.15) is 15.0 Å². The molecule has 1 aliphatic heterocycles. The van der Waals surface area contributed by atoms with Gasteiger partial charge in [0, 0.05) is 61.1 Å². The number of anilines is 3. The van der Waals surface area contributed by atoms with Gasteiger partial charge in [-0.15, -0.1) is 5.10 Å². The molecule has 1 saturated heterocycles. The van der Waals surface area contributed by atoms with Crippen LogP contribution in [0.3, 0.4) is 0 Å². The molecular formula is C26H27FN8O. The Bertz CT molecular complexity index is 1550. The van der Waals surface area contributed by atoms with Crippen LogP contribution in [0.1, 0.15) is 37.0 Å². The Morgan fingerprint density at radius 2 is 1.92 bits per heavy atom.